The van der Waals surface area contributed by atoms with Crippen LogP contribution in [0.25, 0.3) is 52.3 Å². The Morgan fingerprint density at radius 3 is 1.31 bits per heavy atom. The Kier molecular flexibility index (Phi) is 40.5. The maximum Gasteiger partial charge on any atom is 0.343 e. The second-order valence-electron chi connectivity index (χ2n) is 30.6. The summed E-state index contributed by atoms with van der Waals surface area (Å²) in [5.74, 6) is 5.29. The summed E-state index contributed by atoms with van der Waals surface area (Å²) >= 11 is 4.29. The maximum absolute atomic E-state index is 13.1. The Bertz CT molecular complexity index is 6770. The minimum Gasteiger partial charge on any atom is -0.494 e. The second kappa shape index (κ2) is 54.7. The van der Waals surface area contributed by atoms with Crippen LogP contribution in [0.15, 0.2) is 305 Å². The number of rotatable bonds is 37. The Morgan fingerprint density at radius 2 is 0.800 bits per heavy atom. The quantitative estimate of drug-likeness (QED) is 0.00410. The van der Waals surface area contributed by atoms with Gasteiger partial charge in [0.2, 0.25) is 6.79 Å². The van der Waals surface area contributed by atoms with E-state index in [2.05, 4.69) is 97.9 Å². The van der Waals surface area contributed by atoms with E-state index in [1.807, 2.05) is 91.9 Å². The third-order valence-electron chi connectivity index (χ3n) is 20.6. The smallest absolute Gasteiger partial charge is 0.343 e. The number of nitrogens with two attached hydrogens (primary N) is 2. The molecule has 15 rings (SSSR count). The molecule has 3 heterocycles. The summed E-state index contributed by atoms with van der Waals surface area (Å²) in [5.41, 5.74) is 24.3. The third kappa shape index (κ3) is 32.2. The van der Waals surface area contributed by atoms with Crippen LogP contribution in [0.4, 0.5) is 10.3 Å². The van der Waals surface area contributed by atoms with Gasteiger partial charge in [-0.3, -0.25) is 0 Å². The van der Waals surface area contributed by atoms with Gasteiger partial charge in [0.05, 0.1) is 80.7 Å². The van der Waals surface area contributed by atoms with Crippen LogP contribution in [0.2, 0.25) is 0 Å². The van der Waals surface area contributed by atoms with E-state index < -0.39 is 41.8 Å². The van der Waals surface area contributed by atoms with Gasteiger partial charge in [-0.25, -0.2) is 48.5 Å². The molecule has 0 amide bonds. The molecule has 6 N–H and O–H groups in total. The number of nitriles is 1. The van der Waals surface area contributed by atoms with Gasteiger partial charge in [-0.15, -0.1) is 11.3 Å². The summed E-state index contributed by atoms with van der Waals surface area (Å²) in [5, 5.41) is 26.6. The summed E-state index contributed by atoms with van der Waals surface area (Å²) in [7, 11) is 0. The lowest BCUT2D eigenvalue weighted by molar-refractivity contribution is -0.144. The molecule has 0 fully saturated rings. The zero-order valence-corrected chi connectivity index (χ0v) is 79.8. The number of benzene rings is 12. The number of thiazole rings is 3. The Balaban J connectivity index is 0.000000182. The number of fused-ring (bicyclic) bond motifs is 3. The topological polar surface area (TPSA) is 374 Å². The van der Waals surface area contributed by atoms with Crippen LogP contribution in [-0.2, 0) is 47.9 Å². The van der Waals surface area contributed by atoms with E-state index in [0.717, 1.165) is 130 Å². The van der Waals surface area contributed by atoms with Crippen molar-refractivity contribution in [3.05, 3.63) is 372 Å². The van der Waals surface area contributed by atoms with Crippen molar-refractivity contribution in [3.63, 3.8) is 0 Å². The highest BCUT2D eigenvalue weighted by Crippen LogP contribution is 2.42. The number of esters is 7. The molecule has 0 bridgehead atoms. The summed E-state index contributed by atoms with van der Waals surface area (Å²) in [6.07, 6.45) is 16.2. The Hall–Kier alpha value is -16.8. The van der Waals surface area contributed by atoms with E-state index in [0.29, 0.717) is 114 Å². The van der Waals surface area contributed by atoms with Gasteiger partial charge >= 0.3 is 41.8 Å². The lowest BCUT2D eigenvalue weighted by Gasteiger charge is -2.11. The minimum absolute atomic E-state index is 0.208. The number of nitrogens with zero attached hydrogens (tertiary/aromatic N) is 4. The van der Waals surface area contributed by atoms with Gasteiger partial charge in [0.15, 0.2) is 21.8 Å². The molecule has 0 radical (unpaired) electrons. The van der Waals surface area contributed by atoms with E-state index in [4.69, 9.17) is 79.9 Å². The molecule has 0 aliphatic heterocycles. The molecule has 0 aliphatic carbocycles. The molecular weight excluding hydrogens is 1830 g/mol. The SMILES string of the molecule is C=CC(=O)OCCCCCCOc1ccc(C(=O)Oc2ccc(C#Cc3ccc(CCCC)cc3)cc2C=N)cc1.C=CC(=O)OCCCOc1ccc(C(=O)Oc2ccc(-c3ccc(CCC)cc3)cc2C=N)cc1.C=CC(=O)OCOc1ccc(C(=O)Oc2ccc(OC(=O)c3ccc(CC)cc3)c3nc(-c4ccc(C#N)cc4)sc23)cc1.Nc1nc2ccccc2s1.Nc1nc2ccccc2s1. The predicted octanol–water partition coefficient (Wildman–Crippen LogP) is 24.0. The minimum atomic E-state index is -0.634. The fraction of sp³-hybridized carbons (Fsp3) is 0.170. The van der Waals surface area contributed by atoms with Crippen molar-refractivity contribution >= 4 is 129 Å². The van der Waals surface area contributed by atoms with Crippen molar-refractivity contribution < 1.29 is 80.9 Å². The summed E-state index contributed by atoms with van der Waals surface area (Å²) in [6.45, 7) is 17.6. The number of nitrogen functional groups attached to an aromatic ring is 2. The van der Waals surface area contributed by atoms with Gasteiger partial charge in [0, 0.05) is 64.9 Å². The first-order valence-corrected chi connectivity index (χ1v) is 47.3. The number of aryl methyl sites for hydroxylation is 3. The second-order valence-corrected chi connectivity index (χ2v) is 33.7. The number of hydrogen-bond donors (Lipinski definition) is 4. The predicted molar refractivity (Wildman–Crippen MR) is 550 cm³/mol. The highest BCUT2D eigenvalue weighted by molar-refractivity contribution is 7.22. The van der Waals surface area contributed by atoms with Crippen molar-refractivity contribution in [2.45, 2.75) is 91.4 Å². The number of ether oxygens (including phenoxy) is 10. The van der Waals surface area contributed by atoms with Crippen LogP contribution in [-0.4, -0.2) is 102 Å². The van der Waals surface area contributed by atoms with Crippen LogP contribution < -0.4 is 44.6 Å². The molecule has 0 saturated heterocycles. The van der Waals surface area contributed by atoms with Gasteiger partial charge in [-0.05, 0) is 255 Å². The van der Waals surface area contributed by atoms with Crippen molar-refractivity contribution in [2.75, 3.05) is 44.7 Å². The molecule has 0 atom stereocenters. The average molecular weight is 1930 g/mol. The number of nitrogens with one attached hydrogen (secondary N) is 2. The number of carbonyl (C=O) groups is 7. The molecule has 0 spiro atoms. The number of unbranched alkanes of at least 4 members (excludes halogenated alkanes) is 4. The van der Waals surface area contributed by atoms with Crippen LogP contribution in [0, 0.1) is 34.0 Å². The van der Waals surface area contributed by atoms with Crippen molar-refractivity contribution in [1.82, 2.24) is 15.0 Å². The molecule has 15 aromatic rings. The van der Waals surface area contributed by atoms with Crippen LogP contribution in [0.5, 0.6) is 40.2 Å². The first-order chi connectivity index (χ1) is 68.1. The Labute approximate surface area is 823 Å². The molecule has 0 unspecified atom stereocenters. The lowest BCUT2D eigenvalue weighted by atomic mass is 10.0. The van der Waals surface area contributed by atoms with Crippen LogP contribution >= 0.6 is 34.0 Å². The maximum atomic E-state index is 13.1. The number of anilines is 2. The summed E-state index contributed by atoms with van der Waals surface area (Å²) in [4.78, 5) is 97.5. The normalized spacial score (nSPS) is 10.3. The molecule has 710 valence electrons. The standard InChI is InChI=1S/C35H37NO5.C34H24N2O7S.C29H29NO5.2C7H6N2S/c1-3-5-10-27-11-13-28(14-12-27)15-16-29-17-22-33(31(25-29)26-36)41-35(38)30-18-20-32(21-19-30)39-23-8-6-7-9-24-40-34(37)4-2;1-3-21-5-11-24(12-6-21)33(38)42-27-17-18-28(31-30(27)36-32(44-31)23-9-7-22(19-35)8-10-23)43-34(39)25-13-15-26(16-14-25)40-20-41-29(37)4-2;1-3-6-21-7-9-22(10-8-21)24-13-16-27(25(19-24)20-30)35-29(32)23-11-14-26(15-12-23)33-17-5-18-34-28(31)4-2;2*8-7-9-5-3-1-2-4-6(5)10-7/h4,11-14,17-22,25-26,36H,2-3,5-10,23-24H2,1H3;4-18H,2-3,20H2,1H3;4,7-16,19-20,30H,2-3,5-6,17-18H2,1H3;2*1-4H,(H2,8,9). The van der Waals surface area contributed by atoms with Gasteiger partial charge in [-0.1, -0.05) is 179 Å². The first-order valence-electron chi connectivity index (χ1n) is 44.9. The zero-order chi connectivity index (χ0) is 99.3. The van der Waals surface area contributed by atoms with Crippen LogP contribution in [0.3, 0.4) is 0 Å². The average Bonchev–Trinajstić information content (AvgIpc) is 1.61. The summed E-state index contributed by atoms with van der Waals surface area (Å²) < 4.78 is 56.7. The monoisotopic (exact) mass is 1930 g/mol. The van der Waals surface area contributed by atoms with Gasteiger partial charge in [0.1, 0.15) is 44.0 Å². The fourth-order valence-corrected chi connectivity index (χ4v) is 15.7. The molecule has 12 aromatic carbocycles. The van der Waals surface area contributed by atoms with Gasteiger partial charge < -0.3 is 69.7 Å². The fourth-order valence-electron chi connectivity index (χ4n) is 13.2. The lowest BCUT2D eigenvalue weighted by Crippen LogP contribution is -2.10. The van der Waals surface area contributed by atoms with E-state index in [-0.39, 0.29) is 30.5 Å². The zero-order valence-electron chi connectivity index (χ0n) is 77.3. The highest BCUT2D eigenvalue weighted by Gasteiger charge is 2.23. The summed E-state index contributed by atoms with van der Waals surface area (Å²) in [6, 6.07) is 81.8. The molecule has 25 nitrogen and oxygen atoms in total. The van der Waals surface area contributed by atoms with Gasteiger partial charge in [0.25, 0.3) is 0 Å². The largest absolute Gasteiger partial charge is 0.494 e. The van der Waals surface area contributed by atoms with Crippen molar-refractivity contribution in [1.29, 1.82) is 16.1 Å². The van der Waals surface area contributed by atoms with Crippen molar-refractivity contribution in [3.8, 4) is 79.9 Å². The van der Waals surface area contributed by atoms with E-state index in [1.165, 1.54) is 82.4 Å². The highest BCUT2D eigenvalue weighted by atomic mass is 32.1. The van der Waals surface area contributed by atoms with Gasteiger partial charge in [-0.2, -0.15) is 5.26 Å². The first kappa shape index (κ1) is 104. The molecule has 28 heteroatoms. The number of hydrogen-bond acceptors (Lipinski definition) is 28. The molecule has 3 aromatic heterocycles. The molecule has 0 saturated carbocycles. The number of carbonyl (C=O) groups excluding carboxylic acids is 7. The van der Waals surface area contributed by atoms with Crippen molar-refractivity contribution in [2.24, 2.45) is 0 Å². The molecular formula is C112H102N8O17S3. The number of aromatic nitrogens is 3. The van der Waals surface area contributed by atoms with E-state index in [1.54, 1.807) is 127 Å². The molecule has 140 heavy (non-hydrogen) atoms. The van der Waals surface area contributed by atoms with E-state index in [9.17, 15) is 33.6 Å². The molecule has 0 aliphatic rings. The van der Waals surface area contributed by atoms with Crippen LogP contribution in [0.1, 0.15) is 158 Å². The number of para-hydroxylation sites is 2. The van der Waals surface area contributed by atoms with E-state index >= 15 is 0 Å². The Morgan fingerprint density at radius 1 is 0.386 bits per heavy atom. The third-order valence-corrected chi connectivity index (χ3v) is 23.4.